The number of fused-ring (bicyclic) bond motifs is 1. The monoisotopic (exact) mass is 341 g/mol. The van der Waals surface area contributed by atoms with Gasteiger partial charge < -0.3 is 19.9 Å². The molecule has 7 nitrogen and oxygen atoms in total. The minimum atomic E-state index is 0.0815. The first kappa shape index (κ1) is 16.8. The molecular weight excluding hydrogens is 322 g/mol. The average molecular weight is 341 g/mol. The maximum atomic E-state index is 10.00. The Morgan fingerprint density at radius 2 is 2.08 bits per heavy atom. The summed E-state index contributed by atoms with van der Waals surface area (Å²) in [5.74, 6) is 0.538. The van der Waals surface area contributed by atoms with E-state index in [1.807, 2.05) is 6.07 Å². The van der Waals surface area contributed by atoms with E-state index >= 15 is 0 Å². The van der Waals surface area contributed by atoms with Gasteiger partial charge in [-0.1, -0.05) is 16.4 Å². The van der Waals surface area contributed by atoms with Crippen LogP contribution in [0.5, 0.6) is 11.5 Å². The summed E-state index contributed by atoms with van der Waals surface area (Å²) in [5, 5.41) is 33.7. The van der Waals surface area contributed by atoms with Crippen LogP contribution in [0.25, 0.3) is 0 Å². The van der Waals surface area contributed by atoms with Crippen molar-refractivity contribution >= 4 is 17.1 Å². The zero-order chi connectivity index (χ0) is 17.8. The lowest BCUT2D eigenvalue weighted by Gasteiger charge is -2.19. The molecule has 0 fully saturated rings. The number of ether oxygens (including phenoxy) is 1. The third-order valence-corrected chi connectivity index (χ3v) is 4.15. The lowest BCUT2D eigenvalue weighted by atomic mass is 9.89. The molecule has 0 bridgehead atoms. The predicted molar refractivity (Wildman–Crippen MR) is 94.3 cm³/mol. The lowest BCUT2D eigenvalue weighted by Crippen LogP contribution is -2.14. The summed E-state index contributed by atoms with van der Waals surface area (Å²) in [7, 11) is 1.53. The van der Waals surface area contributed by atoms with E-state index in [-0.39, 0.29) is 23.8 Å². The highest BCUT2D eigenvalue weighted by Crippen LogP contribution is 2.33. The maximum absolute atomic E-state index is 10.00. The number of aryl methyl sites for hydroxylation is 1. The van der Waals surface area contributed by atoms with Gasteiger partial charge in [-0.2, -0.15) is 0 Å². The number of methoxy groups -OCH3 is 1. The molecule has 25 heavy (non-hydrogen) atoms. The molecule has 3 rings (SSSR count). The maximum Gasteiger partial charge on any atom is 0.160 e. The molecular formula is C18H19N3O4. The van der Waals surface area contributed by atoms with Gasteiger partial charge in [0.2, 0.25) is 0 Å². The van der Waals surface area contributed by atoms with Crippen molar-refractivity contribution in [2.75, 3.05) is 13.7 Å². The summed E-state index contributed by atoms with van der Waals surface area (Å²) in [6, 6.07) is 3.50. The molecule has 0 radical (unpaired) electrons. The number of rotatable bonds is 4. The van der Waals surface area contributed by atoms with E-state index in [4.69, 9.17) is 20.2 Å². The van der Waals surface area contributed by atoms with Gasteiger partial charge in [-0.3, -0.25) is 5.41 Å². The lowest BCUT2D eigenvalue weighted by molar-refractivity contribution is 0.169. The number of hydrogen-bond acceptors (Lipinski definition) is 7. The molecule has 1 aromatic carbocycles. The quantitative estimate of drug-likeness (QED) is 0.444. The van der Waals surface area contributed by atoms with Crippen molar-refractivity contribution < 1.29 is 19.9 Å². The first-order valence-corrected chi connectivity index (χ1v) is 7.91. The van der Waals surface area contributed by atoms with E-state index in [0.29, 0.717) is 5.75 Å². The fraction of sp³-hybridized carbons (Fsp3) is 0.278. The van der Waals surface area contributed by atoms with Crippen LogP contribution in [0.3, 0.4) is 0 Å². The highest BCUT2D eigenvalue weighted by atomic mass is 16.6. The van der Waals surface area contributed by atoms with Crippen molar-refractivity contribution in [1.29, 1.82) is 5.41 Å². The Morgan fingerprint density at radius 1 is 1.24 bits per heavy atom. The van der Waals surface area contributed by atoms with Gasteiger partial charge in [0, 0.05) is 5.56 Å². The minimum absolute atomic E-state index is 0.0815. The van der Waals surface area contributed by atoms with Gasteiger partial charge >= 0.3 is 0 Å². The molecule has 1 aromatic rings. The summed E-state index contributed by atoms with van der Waals surface area (Å²) in [4.78, 5) is 5.44. The molecule has 2 aliphatic carbocycles. The van der Waals surface area contributed by atoms with Gasteiger partial charge in [-0.25, -0.2) is 0 Å². The second kappa shape index (κ2) is 7.21. The third-order valence-electron chi connectivity index (χ3n) is 4.15. The number of benzene rings is 1. The van der Waals surface area contributed by atoms with Crippen molar-refractivity contribution in [3.8, 4) is 11.5 Å². The Labute approximate surface area is 145 Å². The number of nitrogens with one attached hydrogen (secondary N) is 1. The van der Waals surface area contributed by atoms with Gasteiger partial charge in [0.15, 0.2) is 11.5 Å². The Kier molecular flexibility index (Phi) is 4.83. The number of allylic oxidation sites excluding steroid dienone is 2. The molecule has 0 saturated carbocycles. The van der Waals surface area contributed by atoms with E-state index in [0.717, 1.165) is 41.7 Å². The van der Waals surface area contributed by atoms with Crippen LogP contribution in [0.15, 0.2) is 46.2 Å². The molecule has 2 aliphatic rings. The van der Waals surface area contributed by atoms with Gasteiger partial charge in [0.05, 0.1) is 18.5 Å². The summed E-state index contributed by atoms with van der Waals surface area (Å²) in [6.45, 7) is 0.207. The van der Waals surface area contributed by atoms with E-state index in [1.54, 1.807) is 24.3 Å². The van der Waals surface area contributed by atoms with Crippen LogP contribution in [0.2, 0.25) is 0 Å². The number of aromatic hydroxyl groups is 1. The molecule has 0 saturated heterocycles. The van der Waals surface area contributed by atoms with Gasteiger partial charge in [0.25, 0.3) is 0 Å². The molecule has 0 heterocycles. The largest absolute Gasteiger partial charge is 0.504 e. The predicted octanol–water partition coefficient (Wildman–Crippen LogP) is 2.80. The SMILES string of the molecule is COc1cc2c(cc1O)/C(=N/OCC1=CC(=N)/C(=N\O)C=C1)CCC2. The second-order valence-corrected chi connectivity index (χ2v) is 5.80. The number of oxime groups is 2. The van der Waals surface area contributed by atoms with Crippen molar-refractivity contribution in [3.05, 3.63) is 47.1 Å². The van der Waals surface area contributed by atoms with Crippen LogP contribution >= 0.6 is 0 Å². The van der Waals surface area contributed by atoms with Crippen molar-refractivity contribution in [2.45, 2.75) is 19.3 Å². The zero-order valence-electron chi connectivity index (χ0n) is 13.8. The summed E-state index contributed by atoms with van der Waals surface area (Å²) >= 11 is 0. The summed E-state index contributed by atoms with van der Waals surface area (Å²) in [6.07, 6.45) is 7.46. The van der Waals surface area contributed by atoms with Crippen molar-refractivity contribution in [3.63, 3.8) is 0 Å². The van der Waals surface area contributed by atoms with E-state index in [1.165, 1.54) is 7.11 Å². The van der Waals surface area contributed by atoms with E-state index in [9.17, 15) is 5.11 Å². The van der Waals surface area contributed by atoms with Gasteiger partial charge in [-0.05, 0) is 54.7 Å². The van der Waals surface area contributed by atoms with Crippen molar-refractivity contribution in [2.24, 2.45) is 10.3 Å². The average Bonchev–Trinajstić information content (AvgIpc) is 2.62. The van der Waals surface area contributed by atoms with Crippen molar-refractivity contribution in [1.82, 2.24) is 0 Å². The molecule has 3 N–H and O–H groups in total. The third kappa shape index (κ3) is 3.55. The molecule has 0 amide bonds. The number of hydrogen-bond donors (Lipinski definition) is 3. The van der Waals surface area contributed by atoms with Crippen LogP contribution in [0.1, 0.15) is 24.0 Å². The highest BCUT2D eigenvalue weighted by Gasteiger charge is 2.19. The Bertz CT molecular complexity index is 822. The first-order valence-electron chi connectivity index (χ1n) is 7.91. The van der Waals surface area contributed by atoms with Crippen LogP contribution in [-0.2, 0) is 11.3 Å². The zero-order valence-corrected chi connectivity index (χ0v) is 13.8. The standard InChI is InChI=1S/C18H19N3O4/c1-24-18-8-12-3-2-4-15(13(12)9-17(18)22)21-25-10-11-5-6-16(20-23)14(19)7-11/h5-9,19,22-23H,2-4,10H2,1H3/b19-14?,20-16-,21-15+. The smallest absolute Gasteiger partial charge is 0.160 e. The molecule has 0 atom stereocenters. The second-order valence-electron chi connectivity index (χ2n) is 5.80. The van der Waals surface area contributed by atoms with Crippen LogP contribution in [-0.4, -0.2) is 41.2 Å². The summed E-state index contributed by atoms with van der Waals surface area (Å²) in [5.41, 5.74) is 3.82. The molecule has 130 valence electrons. The van der Waals surface area contributed by atoms with Crippen LogP contribution < -0.4 is 4.74 Å². The van der Waals surface area contributed by atoms with Gasteiger partial charge in [0.1, 0.15) is 12.3 Å². The van der Waals surface area contributed by atoms with Crippen LogP contribution in [0, 0.1) is 5.41 Å². The normalized spacial score (nSPS) is 19.7. The van der Waals surface area contributed by atoms with Crippen LogP contribution in [0.4, 0.5) is 0 Å². The Balaban J connectivity index is 1.73. The topological polar surface area (TPSA) is 107 Å². The number of nitrogens with zero attached hydrogens (tertiary/aromatic N) is 2. The summed E-state index contributed by atoms with van der Waals surface area (Å²) < 4.78 is 5.15. The minimum Gasteiger partial charge on any atom is -0.504 e. The number of phenols is 1. The fourth-order valence-electron chi connectivity index (χ4n) is 2.87. The Morgan fingerprint density at radius 3 is 2.80 bits per heavy atom. The van der Waals surface area contributed by atoms with Gasteiger partial charge in [-0.15, -0.1) is 0 Å². The number of phenolic OH excluding ortho intramolecular Hbond substituents is 1. The molecule has 0 aromatic heterocycles. The molecule has 0 unspecified atom stereocenters. The molecule has 0 spiro atoms. The fourth-order valence-corrected chi connectivity index (χ4v) is 2.87. The first-order chi connectivity index (χ1) is 12.1. The molecule has 7 heteroatoms. The Hall–Kier alpha value is -3.09. The van der Waals surface area contributed by atoms with E-state index < -0.39 is 0 Å². The highest BCUT2D eigenvalue weighted by molar-refractivity contribution is 6.50. The van der Waals surface area contributed by atoms with E-state index in [2.05, 4.69) is 10.3 Å². The molecule has 0 aliphatic heterocycles.